The third-order valence-corrected chi connectivity index (χ3v) is 5.45. The second-order valence-electron chi connectivity index (χ2n) is 7.43. The molecule has 1 amide bonds. The highest BCUT2D eigenvalue weighted by Gasteiger charge is 2.27. The second-order valence-corrected chi connectivity index (χ2v) is 7.43. The van der Waals surface area contributed by atoms with Gasteiger partial charge in [-0.05, 0) is 51.3 Å². The zero-order valence-electron chi connectivity index (χ0n) is 16.5. The van der Waals surface area contributed by atoms with Gasteiger partial charge >= 0.3 is 0 Å². The molecule has 3 aromatic heterocycles. The van der Waals surface area contributed by atoms with Gasteiger partial charge in [-0.15, -0.1) is 0 Å². The Bertz CT molecular complexity index is 975. The smallest absolute Gasteiger partial charge is 0.272 e. The van der Waals surface area contributed by atoms with Gasteiger partial charge in [-0.25, -0.2) is 0 Å². The molecule has 6 nitrogen and oxygen atoms in total. The zero-order chi connectivity index (χ0) is 19.7. The molecule has 6 heteroatoms. The fraction of sp³-hybridized carbons (Fsp3) is 0.364. The van der Waals surface area contributed by atoms with Crippen LogP contribution in [0.4, 0.5) is 0 Å². The molecular formula is C22H24N4O2. The van der Waals surface area contributed by atoms with Crippen LogP contribution in [0.5, 0.6) is 0 Å². The van der Waals surface area contributed by atoms with Crippen molar-refractivity contribution in [3.63, 3.8) is 0 Å². The van der Waals surface area contributed by atoms with E-state index in [1.165, 1.54) is 0 Å². The molecule has 0 radical (unpaired) electrons. The number of carbonyl (C=O) groups is 1. The maximum Gasteiger partial charge on any atom is 0.272 e. The molecule has 1 atom stereocenters. The minimum absolute atomic E-state index is 0.00939. The monoisotopic (exact) mass is 376 g/mol. The SMILES string of the molecule is Cc1cccnc1C(=O)N1CCCC(c2ccc(-c3c(C)noc3C)cn2)C1. The Kier molecular flexibility index (Phi) is 4.94. The van der Waals surface area contributed by atoms with Crippen molar-refractivity contribution in [2.24, 2.45) is 0 Å². The van der Waals surface area contributed by atoms with Crippen molar-refractivity contribution in [2.75, 3.05) is 13.1 Å². The van der Waals surface area contributed by atoms with Gasteiger partial charge in [0.25, 0.3) is 5.91 Å². The molecular weight excluding hydrogens is 352 g/mol. The molecule has 4 rings (SSSR count). The van der Waals surface area contributed by atoms with Gasteiger partial charge in [0.15, 0.2) is 0 Å². The number of rotatable bonds is 3. The predicted octanol–water partition coefficient (Wildman–Crippen LogP) is 4.08. The number of likely N-dealkylation sites (tertiary alicyclic amines) is 1. The van der Waals surface area contributed by atoms with Crippen molar-refractivity contribution in [1.29, 1.82) is 0 Å². The Morgan fingerprint density at radius 3 is 2.71 bits per heavy atom. The Morgan fingerprint density at radius 2 is 2.04 bits per heavy atom. The minimum Gasteiger partial charge on any atom is -0.361 e. The van der Waals surface area contributed by atoms with Crippen molar-refractivity contribution in [2.45, 2.75) is 39.5 Å². The zero-order valence-corrected chi connectivity index (χ0v) is 16.5. The summed E-state index contributed by atoms with van der Waals surface area (Å²) in [5.74, 6) is 1.04. The third-order valence-electron chi connectivity index (χ3n) is 5.45. The lowest BCUT2D eigenvalue weighted by molar-refractivity contribution is 0.0699. The quantitative estimate of drug-likeness (QED) is 0.689. The molecule has 1 aliphatic heterocycles. The largest absolute Gasteiger partial charge is 0.361 e. The van der Waals surface area contributed by atoms with Crippen molar-refractivity contribution >= 4 is 5.91 Å². The summed E-state index contributed by atoms with van der Waals surface area (Å²) in [5.41, 5.74) is 5.36. The number of pyridine rings is 2. The lowest BCUT2D eigenvalue weighted by atomic mass is 9.93. The van der Waals surface area contributed by atoms with Gasteiger partial charge in [-0.1, -0.05) is 17.3 Å². The van der Waals surface area contributed by atoms with Crippen LogP contribution in [-0.4, -0.2) is 39.0 Å². The van der Waals surface area contributed by atoms with Gasteiger partial charge in [-0.3, -0.25) is 14.8 Å². The maximum absolute atomic E-state index is 12.9. The summed E-state index contributed by atoms with van der Waals surface area (Å²) >= 11 is 0. The van der Waals surface area contributed by atoms with Gasteiger partial charge in [0.2, 0.25) is 0 Å². The number of piperidine rings is 1. The Labute approximate surface area is 164 Å². The summed E-state index contributed by atoms with van der Waals surface area (Å²) < 4.78 is 5.26. The van der Waals surface area contributed by atoms with E-state index in [1.54, 1.807) is 6.20 Å². The van der Waals surface area contributed by atoms with Crippen LogP contribution >= 0.6 is 0 Å². The molecule has 0 N–H and O–H groups in total. The fourth-order valence-corrected chi connectivity index (χ4v) is 3.95. The lowest BCUT2D eigenvalue weighted by Gasteiger charge is -2.32. The van der Waals surface area contributed by atoms with Crippen LogP contribution in [0.3, 0.4) is 0 Å². The van der Waals surface area contributed by atoms with Crippen molar-refractivity contribution in [3.05, 3.63) is 65.1 Å². The van der Waals surface area contributed by atoms with Gasteiger partial charge in [0.1, 0.15) is 11.5 Å². The molecule has 0 spiro atoms. The third kappa shape index (κ3) is 3.42. The Hall–Kier alpha value is -3.02. The van der Waals surface area contributed by atoms with E-state index in [4.69, 9.17) is 9.51 Å². The van der Waals surface area contributed by atoms with E-state index in [2.05, 4.69) is 22.3 Å². The van der Waals surface area contributed by atoms with Crippen LogP contribution in [0, 0.1) is 20.8 Å². The molecule has 144 valence electrons. The standard InChI is InChI=1S/C22H24N4O2/c1-14-6-4-10-23-21(14)22(27)26-11-5-7-18(13-26)19-9-8-17(12-24-19)20-15(2)25-28-16(20)3/h4,6,8-10,12,18H,5,7,11,13H2,1-3H3. The topological polar surface area (TPSA) is 72.1 Å². The van der Waals surface area contributed by atoms with E-state index >= 15 is 0 Å². The predicted molar refractivity (Wildman–Crippen MR) is 106 cm³/mol. The molecule has 4 heterocycles. The molecule has 1 unspecified atom stereocenters. The average Bonchev–Trinajstić information content (AvgIpc) is 3.06. The number of amides is 1. The van der Waals surface area contributed by atoms with Crippen LogP contribution in [0.25, 0.3) is 11.1 Å². The Balaban J connectivity index is 1.52. The van der Waals surface area contributed by atoms with Crippen molar-refractivity contribution < 1.29 is 9.32 Å². The summed E-state index contributed by atoms with van der Waals surface area (Å²) in [6.45, 7) is 7.21. The number of hydrogen-bond acceptors (Lipinski definition) is 5. The van der Waals surface area contributed by atoms with E-state index in [1.807, 2.05) is 44.0 Å². The molecule has 3 aromatic rings. The van der Waals surface area contributed by atoms with Crippen LogP contribution < -0.4 is 0 Å². The number of hydrogen-bond donors (Lipinski definition) is 0. The van der Waals surface area contributed by atoms with E-state index in [0.717, 1.165) is 53.2 Å². The highest BCUT2D eigenvalue weighted by molar-refractivity contribution is 5.93. The van der Waals surface area contributed by atoms with Gasteiger partial charge in [0, 0.05) is 48.2 Å². The maximum atomic E-state index is 12.9. The first-order valence-corrected chi connectivity index (χ1v) is 9.64. The first kappa shape index (κ1) is 18.3. The summed E-state index contributed by atoms with van der Waals surface area (Å²) in [5, 5.41) is 4.02. The molecule has 1 aliphatic rings. The second kappa shape index (κ2) is 7.54. The van der Waals surface area contributed by atoms with E-state index in [9.17, 15) is 4.79 Å². The average molecular weight is 376 g/mol. The number of aryl methyl sites for hydroxylation is 3. The first-order valence-electron chi connectivity index (χ1n) is 9.64. The van der Waals surface area contributed by atoms with Crippen LogP contribution in [0.2, 0.25) is 0 Å². The van der Waals surface area contributed by atoms with Crippen molar-refractivity contribution in [1.82, 2.24) is 20.0 Å². The van der Waals surface area contributed by atoms with Crippen LogP contribution in [0.1, 0.15) is 52.0 Å². The Morgan fingerprint density at radius 1 is 1.18 bits per heavy atom. The van der Waals surface area contributed by atoms with Gasteiger partial charge < -0.3 is 9.42 Å². The van der Waals surface area contributed by atoms with Crippen LogP contribution in [-0.2, 0) is 0 Å². The highest BCUT2D eigenvalue weighted by atomic mass is 16.5. The molecule has 28 heavy (non-hydrogen) atoms. The summed E-state index contributed by atoms with van der Waals surface area (Å²) in [7, 11) is 0. The first-order chi connectivity index (χ1) is 13.5. The number of nitrogens with zero attached hydrogens (tertiary/aromatic N) is 4. The molecule has 0 aliphatic carbocycles. The van der Waals surface area contributed by atoms with Crippen molar-refractivity contribution in [3.8, 4) is 11.1 Å². The van der Waals surface area contributed by atoms with Gasteiger partial charge in [0.05, 0.1) is 5.69 Å². The normalized spacial score (nSPS) is 17.0. The highest BCUT2D eigenvalue weighted by Crippen LogP contribution is 2.30. The van der Waals surface area contributed by atoms with E-state index < -0.39 is 0 Å². The number of aromatic nitrogens is 3. The summed E-state index contributed by atoms with van der Waals surface area (Å²) in [6, 6.07) is 7.91. The molecule has 1 fully saturated rings. The summed E-state index contributed by atoms with van der Waals surface area (Å²) in [4.78, 5) is 23.8. The fourth-order valence-electron chi connectivity index (χ4n) is 3.95. The van der Waals surface area contributed by atoms with Crippen LogP contribution in [0.15, 0.2) is 41.2 Å². The van der Waals surface area contributed by atoms with E-state index in [0.29, 0.717) is 12.2 Å². The number of carbonyl (C=O) groups excluding carboxylic acids is 1. The molecule has 0 saturated carbocycles. The molecule has 1 saturated heterocycles. The van der Waals surface area contributed by atoms with Gasteiger partial charge in [-0.2, -0.15) is 0 Å². The lowest BCUT2D eigenvalue weighted by Crippen LogP contribution is -2.40. The minimum atomic E-state index is 0.00939. The van der Waals surface area contributed by atoms with E-state index in [-0.39, 0.29) is 11.8 Å². The molecule has 0 aromatic carbocycles. The summed E-state index contributed by atoms with van der Waals surface area (Å²) in [6.07, 6.45) is 5.56. The molecule has 0 bridgehead atoms.